The van der Waals surface area contributed by atoms with Crippen LogP contribution in [0.1, 0.15) is 23.7 Å². The van der Waals surface area contributed by atoms with Crippen LogP contribution >= 0.6 is 0 Å². The van der Waals surface area contributed by atoms with Crippen molar-refractivity contribution in [1.29, 1.82) is 0 Å². The average molecular weight is 181 g/mol. The minimum atomic E-state index is -0.573. The van der Waals surface area contributed by atoms with E-state index in [0.717, 1.165) is 5.56 Å². The fraction of sp³-hybridized carbons (Fsp3) is 0.400. The van der Waals surface area contributed by atoms with Crippen LogP contribution in [0.2, 0.25) is 0 Å². The molecular formula is C10H15NO2. The fourth-order valence-electron chi connectivity index (χ4n) is 1.16. The summed E-state index contributed by atoms with van der Waals surface area (Å²) in [6, 6.07) is 5.16. The molecule has 0 radical (unpaired) electrons. The van der Waals surface area contributed by atoms with E-state index in [9.17, 15) is 10.2 Å². The number of aliphatic hydroxyl groups excluding tert-OH is 1. The van der Waals surface area contributed by atoms with Gasteiger partial charge in [-0.1, -0.05) is 12.1 Å². The van der Waals surface area contributed by atoms with Gasteiger partial charge in [-0.2, -0.15) is 0 Å². The minimum absolute atomic E-state index is 0.216. The molecule has 0 saturated carbocycles. The lowest BCUT2D eigenvalue weighted by molar-refractivity contribution is 0.170. The Labute approximate surface area is 77.8 Å². The Bertz CT molecular complexity index is 286. The van der Waals surface area contributed by atoms with Gasteiger partial charge in [0.15, 0.2) is 0 Å². The van der Waals surface area contributed by atoms with Crippen molar-refractivity contribution in [2.75, 3.05) is 6.54 Å². The second kappa shape index (κ2) is 4.25. The monoisotopic (exact) mass is 181 g/mol. The molecule has 0 aliphatic rings. The van der Waals surface area contributed by atoms with Gasteiger partial charge in [-0.15, -0.1) is 0 Å². The van der Waals surface area contributed by atoms with Crippen LogP contribution in [0.15, 0.2) is 18.2 Å². The molecule has 0 saturated heterocycles. The van der Waals surface area contributed by atoms with Crippen molar-refractivity contribution in [3.05, 3.63) is 29.3 Å². The first kappa shape index (κ1) is 10.0. The van der Waals surface area contributed by atoms with Gasteiger partial charge in [-0.25, -0.2) is 0 Å². The van der Waals surface area contributed by atoms with Crippen LogP contribution in [0.4, 0.5) is 0 Å². The molecule has 0 amide bonds. The molecule has 3 heteroatoms. The van der Waals surface area contributed by atoms with Crippen LogP contribution in [-0.2, 0) is 0 Å². The number of aliphatic hydroxyl groups is 1. The predicted molar refractivity (Wildman–Crippen MR) is 51.5 cm³/mol. The zero-order valence-electron chi connectivity index (χ0n) is 7.70. The van der Waals surface area contributed by atoms with Crippen LogP contribution in [0.25, 0.3) is 0 Å². The molecule has 0 fully saturated rings. The molecule has 0 unspecified atom stereocenters. The third kappa shape index (κ3) is 2.44. The van der Waals surface area contributed by atoms with Gasteiger partial charge in [0, 0.05) is 0 Å². The van der Waals surface area contributed by atoms with Gasteiger partial charge in [0.25, 0.3) is 0 Å². The van der Waals surface area contributed by atoms with Gasteiger partial charge in [0.1, 0.15) is 5.75 Å². The summed E-state index contributed by atoms with van der Waals surface area (Å²) in [5, 5.41) is 18.9. The van der Waals surface area contributed by atoms with Crippen LogP contribution < -0.4 is 5.73 Å². The highest BCUT2D eigenvalue weighted by molar-refractivity contribution is 5.36. The normalized spacial score (nSPS) is 12.8. The molecule has 0 aromatic heterocycles. The number of hydrogen-bond donors (Lipinski definition) is 3. The molecule has 0 aliphatic carbocycles. The molecule has 0 heterocycles. The maximum absolute atomic E-state index is 9.54. The Morgan fingerprint density at radius 1 is 1.46 bits per heavy atom. The second-order valence-electron chi connectivity index (χ2n) is 3.14. The molecule has 0 spiro atoms. The Hall–Kier alpha value is -1.06. The van der Waals surface area contributed by atoms with E-state index in [2.05, 4.69) is 0 Å². The molecule has 13 heavy (non-hydrogen) atoms. The molecule has 72 valence electrons. The second-order valence-corrected chi connectivity index (χ2v) is 3.14. The van der Waals surface area contributed by atoms with Crippen LogP contribution in [-0.4, -0.2) is 16.8 Å². The van der Waals surface area contributed by atoms with Crippen molar-refractivity contribution in [3.8, 4) is 5.75 Å². The van der Waals surface area contributed by atoms with Crippen molar-refractivity contribution >= 4 is 0 Å². The van der Waals surface area contributed by atoms with Gasteiger partial charge in [-0.3, -0.25) is 0 Å². The molecule has 0 bridgehead atoms. The van der Waals surface area contributed by atoms with E-state index < -0.39 is 6.10 Å². The number of benzene rings is 1. The molecule has 0 aliphatic heterocycles. The average Bonchev–Trinajstić information content (AvgIpc) is 2.10. The molecule has 3 nitrogen and oxygen atoms in total. The molecule has 1 atom stereocenters. The van der Waals surface area contributed by atoms with Crippen LogP contribution in [0.3, 0.4) is 0 Å². The lowest BCUT2D eigenvalue weighted by atomic mass is 10.0. The van der Waals surface area contributed by atoms with Crippen molar-refractivity contribution in [2.24, 2.45) is 5.73 Å². The summed E-state index contributed by atoms with van der Waals surface area (Å²) >= 11 is 0. The van der Waals surface area contributed by atoms with E-state index in [4.69, 9.17) is 5.73 Å². The summed E-state index contributed by atoms with van der Waals surface area (Å²) in [5.74, 6) is 0.216. The van der Waals surface area contributed by atoms with Crippen molar-refractivity contribution in [1.82, 2.24) is 0 Å². The van der Waals surface area contributed by atoms with Gasteiger partial charge in [-0.05, 0) is 37.1 Å². The number of nitrogens with two attached hydrogens (primary N) is 1. The van der Waals surface area contributed by atoms with Crippen molar-refractivity contribution < 1.29 is 10.2 Å². The Kier molecular flexibility index (Phi) is 3.28. The van der Waals surface area contributed by atoms with Gasteiger partial charge >= 0.3 is 0 Å². The van der Waals surface area contributed by atoms with Gasteiger partial charge < -0.3 is 15.9 Å². The van der Waals surface area contributed by atoms with E-state index in [1.165, 1.54) is 0 Å². The first-order valence-corrected chi connectivity index (χ1v) is 4.33. The molecular weight excluding hydrogens is 166 g/mol. The summed E-state index contributed by atoms with van der Waals surface area (Å²) in [7, 11) is 0. The lowest BCUT2D eigenvalue weighted by Gasteiger charge is -2.10. The van der Waals surface area contributed by atoms with E-state index in [0.29, 0.717) is 18.5 Å². The van der Waals surface area contributed by atoms with Gasteiger partial charge in [0.05, 0.1) is 6.10 Å². The van der Waals surface area contributed by atoms with Crippen LogP contribution in [0.5, 0.6) is 5.75 Å². The summed E-state index contributed by atoms with van der Waals surface area (Å²) in [6.07, 6.45) is -0.0563. The Balaban J connectivity index is 2.84. The van der Waals surface area contributed by atoms with Crippen molar-refractivity contribution in [3.63, 3.8) is 0 Å². The first-order chi connectivity index (χ1) is 6.15. The summed E-state index contributed by atoms with van der Waals surface area (Å²) in [4.78, 5) is 0. The van der Waals surface area contributed by atoms with Crippen molar-refractivity contribution in [2.45, 2.75) is 19.4 Å². The highest BCUT2D eigenvalue weighted by atomic mass is 16.3. The van der Waals surface area contributed by atoms with E-state index in [1.54, 1.807) is 18.2 Å². The summed E-state index contributed by atoms with van der Waals surface area (Å²) in [5.41, 5.74) is 6.84. The standard InChI is InChI=1S/C10H15NO2/c1-7-2-3-8(6-10(7)13)9(12)4-5-11/h2-3,6,9,12-13H,4-5,11H2,1H3/t9-/m1/s1. The summed E-state index contributed by atoms with van der Waals surface area (Å²) in [6.45, 7) is 2.25. The van der Waals surface area contributed by atoms with E-state index >= 15 is 0 Å². The number of aromatic hydroxyl groups is 1. The zero-order valence-corrected chi connectivity index (χ0v) is 7.70. The fourth-order valence-corrected chi connectivity index (χ4v) is 1.16. The molecule has 1 rings (SSSR count). The third-order valence-electron chi connectivity index (χ3n) is 2.06. The minimum Gasteiger partial charge on any atom is -0.508 e. The Morgan fingerprint density at radius 2 is 2.15 bits per heavy atom. The zero-order chi connectivity index (χ0) is 9.84. The molecule has 1 aromatic carbocycles. The first-order valence-electron chi connectivity index (χ1n) is 4.33. The number of aryl methyl sites for hydroxylation is 1. The SMILES string of the molecule is Cc1ccc([C@H](O)CCN)cc1O. The largest absolute Gasteiger partial charge is 0.508 e. The van der Waals surface area contributed by atoms with Crippen LogP contribution in [0, 0.1) is 6.92 Å². The third-order valence-corrected chi connectivity index (χ3v) is 2.06. The quantitative estimate of drug-likeness (QED) is 0.653. The highest BCUT2D eigenvalue weighted by Gasteiger charge is 2.07. The maximum Gasteiger partial charge on any atom is 0.118 e. The molecule has 1 aromatic rings. The summed E-state index contributed by atoms with van der Waals surface area (Å²) < 4.78 is 0. The topological polar surface area (TPSA) is 66.5 Å². The van der Waals surface area contributed by atoms with Gasteiger partial charge in [0.2, 0.25) is 0 Å². The number of phenolic OH excluding ortho intramolecular Hbond substituents is 1. The number of rotatable bonds is 3. The maximum atomic E-state index is 9.54. The molecule has 4 N–H and O–H groups in total. The smallest absolute Gasteiger partial charge is 0.118 e. The Morgan fingerprint density at radius 3 is 2.69 bits per heavy atom. The van der Waals surface area contributed by atoms with E-state index in [1.807, 2.05) is 6.92 Å². The highest BCUT2D eigenvalue weighted by Crippen LogP contribution is 2.23. The number of hydrogen-bond acceptors (Lipinski definition) is 3. The lowest BCUT2D eigenvalue weighted by Crippen LogP contribution is -2.06. The number of phenols is 1. The van der Waals surface area contributed by atoms with E-state index in [-0.39, 0.29) is 5.75 Å². The predicted octanol–water partition coefficient (Wildman–Crippen LogP) is 1.08.